The smallest absolute Gasteiger partial charge is 0.308 e. The lowest BCUT2D eigenvalue weighted by atomic mass is 9.97. The van der Waals surface area contributed by atoms with Gasteiger partial charge in [0.05, 0.1) is 13.0 Å². The van der Waals surface area contributed by atoms with E-state index < -0.39 is 0 Å². The zero-order chi connectivity index (χ0) is 17.4. The summed E-state index contributed by atoms with van der Waals surface area (Å²) in [6.45, 7) is 4.99. The van der Waals surface area contributed by atoms with Crippen LogP contribution in [0.3, 0.4) is 0 Å². The van der Waals surface area contributed by atoms with Crippen LogP contribution < -0.4 is 9.47 Å². The van der Waals surface area contributed by atoms with Crippen molar-refractivity contribution in [1.29, 1.82) is 0 Å². The third-order valence-corrected chi connectivity index (χ3v) is 3.94. The molecule has 1 aromatic carbocycles. The Hall–Kier alpha value is -2.50. The van der Waals surface area contributed by atoms with Gasteiger partial charge in [-0.25, -0.2) is 0 Å². The van der Waals surface area contributed by atoms with Crippen LogP contribution in [0.15, 0.2) is 36.9 Å². The molecule has 0 aromatic heterocycles. The van der Waals surface area contributed by atoms with Crippen LogP contribution in [0.1, 0.15) is 12.8 Å². The Balaban J connectivity index is 1.84. The quantitative estimate of drug-likeness (QED) is 0.564. The van der Waals surface area contributed by atoms with Crippen LogP contribution in [0.4, 0.5) is 0 Å². The van der Waals surface area contributed by atoms with Crippen LogP contribution in [0, 0.1) is 5.92 Å². The Kier molecular flexibility index (Phi) is 6.66. The Morgan fingerprint density at radius 1 is 1.21 bits per heavy atom. The molecule has 0 saturated carbocycles. The second-order valence-corrected chi connectivity index (χ2v) is 5.51. The molecule has 0 aliphatic carbocycles. The topological polar surface area (TPSA) is 65.1 Å². The largest absolute Gasteiger partial charge is 0.486 e. The maximum Gasteiger partial charge on any atom is 0.308 e. The molecule has 0 radical (unpaired) electrons. The summed E-state index contributed by atoms with van der Waals surface area (Å²) in [4.78, 5) is 25.5. The van der Waals surface area contributed by atoms with Crippen molar-refractivity contribution in [2.45, 2.75) is 12.8 Å². The van der Waals surface area contributed by atoms with Crippen LogP contribution in [-0.4, -0.2) is 50.2 Å². The van der Waals surface area contributed by atoms with E-state index >= 15 is 0 Å². The molecule has 1 amide bonds. The third-order valence-electron chi connectivity index (χ3n) is 3.94. The molecule has 0 bridgehead atoms. The first-order valence-electron chi connectivity index (χ1n) is 7.96. The third kappa shape index (κ3) is 4.75. The molecule has 24 heavy (non-hydrogen) atoms. The number of ether oxygens (including phenoxy) is 3. The molecule has 1 aliphatic heterocycles. The molecule has 2 rings (SSSR count). The van der Waals surface area contributed by atoms with Gasteiger partial charge in [0.1, 0.15) is 6.61 Å². The van der Waals surface area contributed by atoms with E-state index in [1.54, 1.807) is 23.1 Å². The normalized spacial score (nSPS) is 14.8. The fraction of sp³-hybridized carbons (Fsp3) is 0.444. The van der Waals surface area contributed by atoms with Crippen molar-refractivity contribution in [2.24, 2.45) is 5.92 Å². The van der Waals surface area contributed by atoms with E-state index in [1.165, 1.54) is 7.11 Å². The average Bonchev–Trinajstić information content (AvgIpc) is 2.64. The van der Waals surface area contributed by atoms with E-state index in [2.05, 4.69) is 6.58 Å². The molecule has 1 heterocycles. The summed E-state index contributed by atoms with van der Waals surface area (Å²) in [5.74, 6) is 0.684. The Morgan fingerprint density at radius 2 is 1.83 bits per heavy atom. The molecule has 130 valence electrons. The van der Waals surface area contributed by atoms with Crippen molar-refractivity contribution in [3.63, 3.8) is 0 Å². The number of benzene rings is 1. The minimum atomic E-state index is -0.202. The van der Waals surface area contributed by atoms with Gasteiger partial charge in [0.2, 0.25) is 0 Å². The lowest BCUT2D eigenvalue weighted by molar-refractivity contribution is -0.149. The van der Waals surface area contributed by atoms with Gasteiger partial charge < -0.3 is 19.1 Å². The van der Waals surface area contributed by atoms with E-state index in [-0.39, 0.29) is 24.4 Å². The molecule has 1 fully saturated rings. The first-order valence-corrected chi connectivity index (χ1v) is 7.96. The Morgan fingerprint density at radius 3 is 2.42 bits per heavy atom. The molecule has 6 nitrogen and oxygen atoms in total. The number of para-hydroxylation sites is 2. The highest BCUT2D eigenvalue weighted by molar-refractivity contribution is 5.78. The number of esters is 1. The number of likely N-dealkylation sites (tertiary alicyclic amines) is 1. The number of nitrogens with zero attached hydrogens (tertiary/aromatic N) is 1. The number of amides is 1. The highest BCUT2D eigenvalue weighted by Crippen LogP contribution is 2.26. The highest BCUT2D eigenvalue weighted by atomic mass is 16.5. The van der Waals surface area contributed by atoms with Gasteiger partial charge in [0.25, 0.3) is 5.91 Å². The number of methoxy groups -OCH3 is 1. The maximum atomic E-state index is 12.3. The summed E-state index contributed by atoms with van der Waals surface area (Å²) in [5, 5.41) is 0. The first kappa shape index (κ1) is 17.8. The molecule has 0 N–H and O–H groups in total. The number of hydrogen-bond donors (Lipinski definition) is 0. The predicted molar refractivity (Wildman–Crippen MR) is 88.9 cm³/mol. The first-order chi connectivity index (χ1) is 11.7. The van der Waals surface area contributed by atoms with Crippen molar-refractivity contribution in [3.8, 4) is 11.5 Å². The SMILES string of the molecule is C=CCOc1ccccc1OCC(=O)N1CCC(C(=O)OC)CC1. The summed E-state index contributed by atoms with van der Waals surface area (Å²) >= 11 is 0. The Labute approximate surface area is 142 Å². The summed E-state index contributed by atoms with van der Waals surface area (Å²) in [6.07, 6.45) is 2.89. The second-order valence-electron chi connectivity index (χ2n) is 5.51. The van der Waals surface area contributed by atoms with E-state index in [9.17, 15) is 9.59 Å². The molecular weight excluding hydrogens is 310 g/mol. The average molecular weight is 333 g/mol. The predicted octanol–water partition coefficient (Wildman–Crippen LogP) is 2.04. The number of carbonyl (C=O) groups is 2. The van der Waals surface area contributed by atoms with Crippen LogP contribution in [0.5, 0.6) is 11.5 Å². The van der Waals surface area contributed by atoms with Crippen molar-refractivity contribution < 1.29 is 23.8 Å². The molecule has 1 saturated heterocycles. The van der Waals surface area contributed by atoms with E-state index in [0.717, 1.165) is 0 Å². The number of hydrogen-bond acceptors (Lipinski definition) is 5. The van der Waals surface area contributed by atoms with E-state index in [1.807, 2.05) is 12.1 Å². The van der Waals surface area contributed by atoms with Gasteiger partial charge in [-0.3, -0.25) is 9.59 Å². The lowest BCUT2D eigenvalue weighted by Gasteiger charge is -2.30. The van der Waals surface area contributed by atoms with Gasteiger partial charge in [0.15, 0.2) is 18.1 Å². The standard InChI is InChI=1S/C18H23NO5/c1-3-12-23-15-6-4-5-7-16(15)24-13-17(20)19-10-8-14(9-11-19)18(21)22-2/h3-7,14H,1,8-13H2,2H3. The second kappa shape index (κ2) is 8.96. The van der Waals surface area contributed by atoms with Crippen LogP contribution in [-0.2, 0) is 14.3 Å². The van der Waals surface area contributed by atoms with Crippen LogP contribution >= 0.6 is 0 Å². The van der Waals surface area contributed by atoms with Gasteiger partial charge >= 0.3 is 5.97 Å². The fourth-order valence-corrected chi connectivity index (χ4v) is 2.60. The highest BCUT2D eigenvalue weighted by Gasteiger charge is 2.28. The van der Waals surface area contributed by atoms with Crippen molar-refractivity contribution >= 4 is 11.9 Å². The van der Waals surface area contributed by atoms with E-state index in [4.69, 9.17) is 14.2 Å². The summed E-state index contributed by atoms with van der Waals surface area (Å²) in [5.41, 5.74) is 0. The molecule has 0 spiro atoms. The molecule has 6 heteroatoms. The van der Waals surface area contributed by atoms with Gasteiger partial charge in [-0.2, -0.15) is 0 Å². The molecule has 1 aliphatic rings. The maximum absolute atomic E-state index is 12.3. The Bertz CT molecular complexity index is 579. The minimum Gasteiger partial charge on any atom is -0.486 e. The summed E-state index contributed by atoms with van der Waals surface area (Å²) in [6, 6.07) is 7.20. The van der Waals surface area contributed by atoms with Crippen LogP contribution in [0.25, 0.3) is 0 Å². The number of rotatable bonds is 7. The van der Waals surface area contributed by atoms with Crippen molar-refractivity contribution in [1.82, 2.24) is 4.90 Å². The number of carbonyl (C=O) groups excluding carboxylic acids is 2. The van der Waals surface area contributed by atoms with Crippen molar-refractivity contribution in [3.05, 3.63) is 36.9 Å². The zero-order valence-electron chi connectivity index (χ0n) is 13.9. The lowest BCUT2D eigenvalue weighted by Crippen LogP contribution is -2.42. The molecule has 1 aromatic rings. The fourth-order valence-electron chi connectivity index (χ4n) is 2.60. The summed E-state index contributed by atoms with van der Waals surface area (Å²) in [7, 11) is 1.39. The molecular formula is C18H23NO5. The van der Waals surface area contributed by atoms with Crippen molar-refractivity contribution in [2.75, 3.05) is 33.4 Å². The monoisotopic (exact) mass is 333 g/mol. The van der Waals surface area contributed by atoms with E-state index in [0.29, 0.717) is 44.0 Å². The van der Waals surface area contributed by atoms with Gasteiger partial charge in [0, 0.05) is 13.1 Å². The molecule has 0 unspecified atom stereocenters. The van der Waals surface area contributed by atoms with Gasteiger partial charge in [-0.05, 0) is 25.0 Å². The minimum absolute atomic E-state index is 0.0582. The van der Waals surface area contributed by atoms with Gasteiger partial charge in [-0.15, -0.1) is 0 Å². The number of piperidine rings is 1. The van der Waals surface area contributed by atoms with Crippen LogP contribution in [0.2, 0.25) is 0 Å². The zero-order valence-corrected chi connectivity index (χ0v) is 13.9. The summed E-state index contributed by atoms with van der Waals surface area (Å²) < 4.78 is 15.8. The molecule has 0 atom stereocenters. The van der Waals surface area contributed by atoms with Gasteiger partial charge in [-0.1, -0.05) is 24.8 Å².